The minimum Gasteiger partial charge on any atom is -0.358 e. The second-order valence-corrected chi connectivity index (χ2v) is 6.92. The highest BCUT2D eigenvalue weighted by Gasteiger charge is 2.29. The molecule has 0 spiro atoms. The normalized spacial score (nSPS) is 20.6. The Morgan fingerprint density at radius 3 is 2.64 bits per heavy atom. The highest BCUT2D eigenvalue weighted by Crippen LogP contribution is 2.38. The quantitative estimate of drug-likeness (QED) is 0.861. The topological polar surface area (TPSA) is 49.6 Å². The number of anilines is 1. The van der Waals surface area contributed by atoms with Crippen molar-refractivity contribution in [3.8, 4) is 0 Å². The molecule has 1 aliphatic heterocycles. The van der Waals surface area contributed by atoms with Crippen LogP contribution in [-0.2, 0) is 0 Å². The largest absolute Gasteiger partial charge is 0.358 e. The van der Waals surface area contributed by atoms with E-state index < -0.39 is 0 Å². The van der Waals surface area contributed by atoms with E-state index in [2.05, 4.69) is 40.2 Å². The van der Waals surface area contributed by atoms with Gasteiger partial charge in [0.15, 0.2) is 11.5 Å². The number of likely N-dealkylation sites (tertiary alicyclic amines) is 1. The van der Waals surface area contributed by atoms with E-state index in [1.165, 1.54) is 38.8 Å². The third kappa shape index (κ3) is 2.67. The number of fused-ring (bicyclic) bond motifs is 1. The van der Waals surface area contributed by atoms with Crippen molar-refractivity contribution in [2.45, 2.75) is 31.6 Å². The zero-order chi connectivity index (χ0) is 15.1. The molecule has 4 rings (SSSR count). The molecule has 0 N–H and O–H groups in total. The van der Waals surface area contributed by atoms with E-state index in [4.69, 9.17) is 5.10 Å². The van der Waals surface area contributed by atoms with Crippen molar-refractivity contribution < 1.29 is 0 Å². The van der Waals surface area contributed by atoms with E-state index in [-0.39, 0.29) is 0 Å². The minimum absolute atomic E-state index is 0.567. The summed E-state index contributed by atoms with van der Waals surface area (Å²) in [5.74, 6) is 3.39. The third-order valence-corrected chi connectivity index (χ3v) is 4.98. The smallest absolute Gasteiger partial charge is 0.178 e. The lowest BCUT2D eigenvalue weighted by Gasteiger charge is -2.32. The van der Waals surface area contributed by atoms with Crippen molar-refractivity contribution in [3.05, 3.63) is 18.0 Å². The van der Waals surface area contributed by atoms with E-state index in [0.717, 1.165) is 29.8 Å². The molecule has 0 amide bonds. The Morgan fingerprint density at radius 2 is 1.91 bits per heavy atom. The van der Waals surface area contributed by atoms with Crippen LogP contribution in [-0.4, -0.2) is 58.4 Å². The molecule has 0 bridgehead atoms. The molecular weight excluding hydrogens is 276 g/mol. The summed E-state index contributed by atoms with van der Waals surface area (Å²) in [5, 5.41) is 13.3. The molecule has 2 fully saturated rings. The van der Waals surface area contributed by atoms with Gasteiger partial charge < -0.3 is 9.80 Å². The van der Waals surface area contributed by atoms with Crippen molar-refractivity contribution in [2.24, 2.45) is 5.92 Å². The van der Waals surface area contributed by atoms with Gasteiger partial charge in [-0.25, -0.2) is 0 Å². The van der Waals surface area contributed by atoms with Gasteiger partial charge in [0.2, 0.25) is 0 Å². The maximum atomic E-state index is 4.78. The SMILES string of the molecule is CN1CCC(CN(C)c2ccc3nnc(C4CC4)n3n2)CC1. The number of rotatable bonds is 4. The van der Waals surface area contributed by atoms with Crippen LogP contribution in [0.4, 0.5) is 5.82 Å². The van der Waals surface area contributed by atoms with Gasteiger partial charge in [-0.05, 0) is 63.9 Å². The summed E-state index contributed by atoms with van der Waals surface area (Å²) in [4.78, 5) is 4.70. The Hall–Kier alpha value is -1.69. The molecule has 0 atom stereocenters. The zero-order valence-corrected chi connectivity index (χ0v) is 13.4. The summed E-state index contributed by atoms with van der Waals surface area (Å²) >= 11 is 0. The molecule has 6 heteroatoms. The molecule has 6 nitrogen and oxygen atoms in total. The fraction of sp³-hybridized carbons (Fsp3) is 0.688. The van der Waals surface area contributed by atoms with Crippen LogP contribution in [0.1, 0.15) is 37.4 Å². The summed E-state index contributed by atoms with van der Waals surface area (Å²) < 4.78 is 1.94. The van der Waals surface area contributed by atoms with Gasteiger partial charge in [0, 0.05) is 19.5 Å². The maximum Gasteiger partial charge on any atom is 0.178 e. The first-order valence-electron chi connectivity index (χ1n) is 8.33. The van der Waals surface area contributed by atoms with Gasteiger partial charge >= 0.3 is 0 Å². The molecule has 0 unspecified atom stereocenters. The van der Waals surface area contributed by atoms with Crippen LogP contribution in [0.15, 0.2) is 12.1 Å². The number of piperidine rings is 1. The first-order chi connectivity index (χ1) is 10.7. The van der Waals surface area contributed by atoms with Gasteiger partial charge in [0.25, 0.3) is 0 Å². The molecule has 0 radical (unpaired) electrons. The average Bonchev–Trinajstić information content (AvgIpc) is 3.28. The molecular formula is C16H24N6. The average molecular weight is 300 g/mol. The zero-order valence-electron chi connectivity index (χ0n) is 13.4. The van der Waals surface area contributed by atoms with E-state index in [9.17, 15) is 0 Å². The first-order valence-corrected chi connectivity index (χ1v) is 8.33. The maximum absolute atomic E-state index is 4.78. The number of hydrogen-bond donors (Lipinski definition) is 0. The van der Waals surface area contributed by atoms with E-state index in [1.807, 2.05) is 10.6 Å². The van der Waals surface area contributed by atoms with Crippen molar-refractivity contribution >= 4 is 11.5 Å². The van der Waals surface area contributed by atoms with Crippen molar-refractivity contribution in [1.29, 1.82) is 0 Å². The molecule has 2 aromatic rings. The molecule has 1 saturated heterocycles. The predicted octanol–water partition coefficient (Wildman–Crippen LogP) is 1.78. The van der Waals surface area contributed by atoms with Crippen LogP contribution in [0.2, 0.25) is 0 Å². The number of aromatic nitrogens is 4. The van der Waals surface area contributed by atoms with E-state index >= 15 is 0 Å². The Balaban J connectivity index is 1.51. The molecule has 3 heterocycles. The first kappa shape index (κ1) is 13.9. The van der Waals surface area contributed by atoms with Crippen molar-refractivity contribution in [3.63, 3.8) is 0 Å². The lowest BCUT2D eigenvalue weighted by molar-refractivity contribution is 0.222. The minimum atomic E-state index is 0.567. The molecule has 1 saturated carbocycles. The Morgan fingerprint density at radius 1 is 1.14 bits per heavy atom. The third-order valence-electron chi connectivity index (χ3n) is 4.98. The fourth-order valence-electron chi connectivity index (χ4n) is 3.32. The summed E-state index contributed by atoms with van der Waals surface area (Å²) in [6.45, 7) is 3.50. The summed E-state index contributed by atoms with van der Waals surface area (Å²) in [7, 11) is 4.36. The number of nitrogens with zero attached hydrogens (tertiary/aromatic N) is 6. The molecule has 1 aliphatic carbocycles. The second-order valence-electron chi connectivity index (χ2n) is 6.92. The number of hydrogen-bond acceptors (Lipinski definition) is 5. The second kappa shape index (κ2) is 5.50. The van der Waals surface area contributed by atoms with Crippen LogP contribution in [0.5, 0.6) is 0 Å². The van der Waals surface area contributed by atoms with Gasteiger partial charge in [-0.15, -0.1) is 15.3 Å². The van der Waals surface area contributed by atoms with Gasteiger partial charge in [-0.1, -0.05) is 0 Å². The van der Waals surface area contributed by atoms with Crippen LogP contribution < -0.4 is 4.90 Å². The van der Waals surface area contributed by atoms with Crippen molar-refractivity contribution in [1.82, 2.24) is 24.7 Å². The molecule has 0 aromatic carbocycles. The van der Waals surface area contributed by atoms with E-state index in [1.54, 1.807) is 0 Å². The molecule has 2 aromatic heterocycles. The monoisotopic (exact) mass is 300 g/mol. The highest BCUT2D eigenvalue weighted by atomic mass is 15.4. The van der Waals surface area contributed by atoms with Gasteiger partial charge in [0.1, 0.15) is 5.82 Å². The molecule has 2 aliphatic rings. The van der Waals surface area contributed by atoms with Crippen LogP contribution in [0.3, 0.4) is 0 Å². The van der Waals surface area contributed by atoms with Crippen LogP contribution in [0.25, 0.3) is 5.65 Å². The Kier molecular flexibility index (Phi) is 3.48. The van der Waals surface area contributed by atoms with E-state index in [0.29, 0.717) is 5.92 Å². The Bertz CT molecular complexity index is 654. The van der Waals surface area contributed by atoms with Crippen LogP contribution >= 0.6 is 0 Å². The lowest BCUT2D eigenvalue weighted by Crippen LogP contribution is -2.36. The molecule has 118 valence electrons. The standard InChI is InChI=1S/C16H24N6/c1-20-9-7-12(8-10-20)11-21(2)15-6-5-14-17-18-16(13-3-4-13)22(14)19-15/h5-6,12-13H,3-4,7-11H2,1-2H3. The fourth-order valence-corrected chi connectivity index (χ4v) is 3.32. The Labute approximate surface area is 131 Å². The van der Waals surface area contributed by atoms with Crippen LogP contribution in [0, 0.1) is 5.92 Å². The highest BCUT2D eigenvalue weighted by molar-refractivity contribution is 5.45. The predicted molar refractivity (Wildman–Crippen MR) is 86.2 cm³/mol. The van der Waals surface area contributed by atoms with Gasteiger partial charge in [-0.2, -0.15) is 4.52 Å². The molecule has 22 heavy (non-hydrogen) atoms. The van der Waals surface area contributed by atoms with Crippen molar-refractivity contribution in [2.75, 3.05) is 38.6 Å². The summed E-state index contributed by atoms with van der Waals surface area (Å²) in [6, 6.07) is 4.10. The lowest BCUT2D eigenvalue weighted by atomic mass is 9.97. The van der Waals surface area contributed by atoms with Gasteiger partial charge in [0.05, 0.1) is 0 Å². The van der Waals surface area contributed by atoms with Gasteiger partial charge in [-0.3, -0.25) is 0 Å². The summed E-state index contributed by atoms with van der Waals surface area (Å²) in [5.41, 5.74) is 0.860. The summed E-state index contributed by atoms with van der Waals surface area (Å²) in [6.07, 6.45) is 5.00.